The van der Waals surface area contributed by atoms with E-state index in [-0.39, 0.29) is 24.5 Å². The number of carboxylic acid groups (broad SMARTS) is 1. The van der Waals surface area contributed by atoms with Gasteiger partial charge in [0.25, 0.3) is 0 Å². The maximum absolute atomic E-state index is 14.4. The highest BCUT2D eigenvalue weighted by molar-refractivity contribution is 5.87. The molecule has 0 bridgehead atoms. The van der Waals surface area contributed by atoms with Gasteiger partial charge in [0, 0.05) is 48.6 Å². The summed E-state index contributed by atoms with van der Waals surface area (Å²) in [4.78, 5) is 38.4. The molecule has 10 heteroatoms. The van der Waals surface area contributed by atoms with Crippen molar-refractivity contribution in [1.82, 2.24) is 14.9 Å². The number of rotatable bonds is 10. The van der Waals surface area contributed by atoms with Gasteiger partial charge in [-0.1, -0.05) is 27.2 Å². The zero-order valence-corrected chi connectivity index (χ0v) is 26.8. The van der Waals surface area contributed by atoms with Gasteiger partial charge in [0.15, 0.2) is 0 Å². The van der Waals surface area contributed by atoms with Crippen LogP contribution in [0.4, 0.5) is 0 Å². The van der Waals surface area contributed by atoms with Crippen LogP contribution in [0.1, 0.15) is 95.4 Å². The van der Waals surface area contributed by atoms with E-state index in [9.17, 15) is 14.7 Å². The standard InChI is InChI=1S/C34H47N3O7/c1-20(2)44-31-25(11-8-14-35-31)27-29(43-19-24-17-23(21-9-7-10-21)18-36-30(24)41-6)26(34(3,4)5)28(33(39)40)37(27)32(38)22-12-15-42-16-13-22/h8,11,14,17-18,20-22,26-29H,7,9-10,12-13,15-16,19H2,1-6H3,(H,39,40)/t26-,27+,28+,29+/m1/s1. The first-order chi connectivity index (χ1) is 21.0. The quantitative estimate of drug-likeness (QED) is 0.370. The van der Waals surface area contributed by atoms with Crippen LogP contribution >= 0.6 is 0 Å². The van der Waals surface area contributed by atoms with Crippen LogP contribution in [0.5, 0.6) is 11.8 Å². The minimum Gasteiger partial charge on any atom is -0.481 e. The van der Waals surface area contributed by atoms with Gasteiger partial charge in [0.1, 0.15) is 6.04 Å². The van der Waals surface area contributed by atoms with Gasteiger partial charge in [-0.05, 0) is 74.6 Å². The molecule has 0 unspecified atom stereocenters. The first kappa shape index (κ1) is 32.2. The number of nitrogens with zero attached hydrogens (tertiary/aromatic N) is 3. The van der Waals surface area contributed by atoms with Crippen LogP contribution in [0.25, 0.3) is 0 Å². The fourth-order valence-corrected chi connectivity index (χ4v) is 6.97. The molecule has 3 fully saturated rings. The van der Waals surface area contributed by atoms with Gasteiger partial charge < -0.3 is 29.0 Å². The van der Waals surface area contributed by atoms with Crippen molar-refractivity contribution in [2.75, 3.05) is 20.3 Å². The molecule has 44 heavy (non-hydrogen) atoms. The van der Waals surface area contributed by atoms with E-state index >= 15 is 0 Å². The lowest BCUT2D eigenvalue weighted by atomic mass is 9.73. The van der Waals surface area contributed by atoms with E-state index in [1.54, 1.807) is 24.3 Å². The fourth-order valence-electron chi connectivity index (χ4n) is 6.97. The summed E-state index contributed by atoms with van der Waals surface area (Å²) in [5.41, 5.74) is 2.06. The van der Waals surface area contributed by atoms with Gasteiger partial charge in [0.2, 0.25) is 17.7 Å². The minimum absolute atomic E-state index is 0.150. The first-order valence-corrected chi connectivity index (χ1v) is 15.9. The van der Waals surface area contributed by atoms with Crippen molar-refractivity contribution in [3.63, 3.8) is 0 Å². The third kappa shape index (κ3) is 6.56. The van der Waals surface area contributed by atoms with E-state index in [0.717, 1.165) is 24.0 Å². The largest absolute Gasteiger partial charge is 0.481 e. The highest BCUT2D eigenvalue weighted by Gasteiger charge is 2.60. The van der Waals surface area contributed by atoms with E-state index in [2.05, 4.69) is 16.0 Å². The second-order valence-corrected chi connectivity index (χ2v) is 13.7. The average Bonchev–Trinajstić information content (AvgIpc) is 3.31. The summed E-state index contributed by atoms with van der Waals surface area (Å²) in [6, 6.07) is 3.91. The van der Waals surface area contributed by atoms with Crippen LogP contribution in [-0.4, -0.2) is 70.4 Å². The van der Waals surface area contributed by atoms with Gasteiger partial charge in [-0.15, -0.1) is 0 Å². The topological polar surface area (TPSA) is 120 Å². The second-order valence-electron chi connectivity index (χ2n) is 13.7. The van der Waals surface area contributed by atoms with E-state index in [0.29, 0.717) is 49.3 Å². The lowest BCUT2D eigenvalue weighted by molar-refractivity contribution is -0.155. The van der Waals surface area contributed by atoms with E-state index < -0.39 is 35.5 Å². The molecule has 1 N–H and O–H groups in total. The third-order valence-corrected chi connectivity index (χ3v) is 9.30. The van der Waals surface area contributed by atoms with Crippen molar-refractivity contribution in [2.24, 2.45) is 17.3 Å². The number of aromatic nitrogens is 2. The molecular formula is C34H47N3O7. The Hall–Kier alpha value is -3.24. The molecule has 1 amide bonds. The monoisotopic (exact) mass is 609 g/mol. The molecular weight excluding hydrogens is 562 g/mol. The fraction of sp³-hybridized carbons (Fsp3) is 0.647. The molecule has 0 radical (unpaired) electrons. The molecule has 10 nitrogen and oxygen atoms in total. The number of methoxy groups -OCH3 is 1. The van der Waals surface area contributed by atoms with Crippen molar-refractivity contribution < 1.29 is 33.6 Å². The first-order valence-electron chi connectivity index (χ1n) is 15.9. The van der Waals surface area contributed by atoms with Crippen LogP contribution < -0.4 is 9.47 Å². The number of carbonyl (C=O) groups excluding carboxylic acids is 1. The van der Waals surface area contributed by atoms with Crippen LogP contribution in [0.15, 0.2) is 30.6 Å². The lowest BCUT2D eigenvalue weighted by Gasteiger charge is -2.35. The summed E-state index contributed by atoms with van der Waals surface area (Å²) in [6.07, 6.45) is 7.22. The number of hydrogen-bond donors (Lipinski definition) is 1. The number of carbonyl (C=O) groups is 2. The molecule has 0 aromatic carbocycles. The normalized spacial score (nSPS) is 24.8. The zero-order valence-electron chi connectivity index (χ0n) is 26.8. The Balaban J connectivity index is 1.62. The van der Waals surface area contributed by atoms with Gasteiger partial charge >= 0.3 is 5.97 Å². The number of ether oxygens (including phenoxy) is 4. The van der Waals surface area contributed by atoms with Crippen molar-refractivity contribution >= 4 is 11.9 Å². The third-order valence-electron chi connectivity index (χ3n) is 9.30. The molecule has 2 aliphatic heterocycles. The number of hydrogen-bond acceptors (Lipinski definition) is 8. The summed E-state index contributed by atoms with van der Waals surface area (Å²) < 4.78 is 24.2. The molecule has 0 spiro atoms. The van der Waals surface area contributed by atoms with Gasteiger partial charge in [-0.3, -0.25) is 4.79 Å². The smallest absolute Gasteiger partial charge is 0.326 e. The number of likely N-dealkylation sites (tertiary alicyclic amines) is 1. The number of carboxylic acids is 1. The zero-order chi connectivity index (χ0) is 31.6. The molecule has 4 heterocycles. The predicted molar refractivity (Wildman–Crippen MR) is 163 cm³/mol. The molecule has 4 atom stereocenters. The van der Waals surface area contributed by atoms with Crippen LogP contribution in [-0.2, 0) is 25.7 Å². The number of pyridine rings is 2. The van der Waals surface area contributed by atoms with Crippen LogP contribution in [0.2, 0.25) is 0 Å². The SMILES string of the molecule is COc1ncc(C2CCC2)cc1CO[C@H]1[C@H](C(C)(C)C)[C@@H](C(=O)O)N(C(=O)C2CCOCC2)[C@H]1c1cccnc1OC(C)C. The Morgan fingerprint density at radius 3 is 2.43 bits per heavy atom. The highest BCUT2D eigenvalue weighted by Crippen LogP contribution is 2.52. The average molecular weight is 610 g/mol. The molecule has 3 aliphatic rings. The lowest BCUT2D eigenvalue weighted by Crippen LogP contribution is -2.49. The summed E-state index contributed by atoms with van der Waals surface area (Å²) in [7, 11) is 1.59. The highest BCUT2D eigenvalue weighted by atomic mass is 16.5. The molecule has 2 aromatic rings. The molecule has 2 saturated heterocycles. The Morgan fingerprint density at radius 1 is 1.11 bits per heavy atom. The summed E-state index contributed by atoms with van der Waals surface area (Å²) >= 11 is 0. The summed E-state index contributed by atoms with van der Waals surface area (Å²) in [5.74, 6) is -0.819. The van der Waals surface area contributed by atoms with Gasteiger partial charge in [-0.2, -0.15) is 0 Å². The number of aliphatic carboxylic acids is 1. The van der Waals surface area contributed by atoms with Crippen molar-refractivity contribution in [3.8, 4) is 11.8 Å². The predicted octanol–water partition coefficient (Wildman–Crippen LogP) is 5.55. The van der Waals surface area contributed by atoms with Crippen molar-refractivity contribution in [1.29, 1.82) is 0 Å². The van der Waals surface area contributed by atoms with Gasteiger partial charge in [0.05, 0.1) is 32.0 Å². The van der Waals surface area contributed by atoms with E-state index in [1.807, 2.05) is 46.9 Å². The summed E-state index contributed by atoms with van der Waals surface area (Å²) in [6.45, 7) is 10.9. The maximum atomic E-state index is 14.4. The Bertz CT molecular complexity index is 1320. The van der Waals surface area contributed by atoms with Crippen LogP contribution in [0, 0.1) is 17.3 Å². The van der Waals surface area contributed by atoms with Gasteiger partial charge in [-0.25, -0.2) is 14.8 Å². The Labute approximate surface area is 260 Å². The number of amides is 1. The molecule has 240 valence electrons. The maximum Gasteiger partial charge on any atom is 0.326 e. The molecule has 5 rings (SSSR count). The van der Waals surface area contributed by atoms with E-state index in [1.165, 1.54) is 6.42 Å². The molecule has 1 saturated carbocycles. The van der Waals surface area contributed by atoms with Crippen LogP contribution in [0.3, 0.4) is 0 Å². The van der Waals surface area contributed by atoms with Crippen molar-refractivity contribution in [2.45, 2.75) is 104 Å². The Kier molecular flexibility index (Phi) is 9.80. The molecule has 1 aliphatic carbocycles. The second kappa shape index (κ2) is 13.4. The Morgan fingerprint density at radius 2 is 1.84 bits per heavy atom. The summed E-state index contributed by atoms with van der Waals surface area (Å²) in [5, 5.41) is 10.8. The molecule has 2 aromatic heterocycles. The van der Waals surface area contributed by atoms with E-state index in [4.69, 9.17) is 18.9 Å². The van der Waals surface area contributed by atoms with Crippen molar-refractivity contribution in [3.05, 3.63) is 47.3 Å². The minimum atomic E-state index is -1.12.